The SMILES string of the molecule is OC[C@H]1OC(c2cccc3c2cc2ccc4cccc5ccc3c2c45)CC1O. The van der Waals surface area contributed by atoms with Gasteiger partial charge in [0.05, 0.1) is 18.8 Å². The molecule has 3 nitrogen and oxygen atoms in total. The lowest BCUT2D eigenvalue weighted by molar-refractivity contribution is -0.0222. The second kappa shape index (κ2) is 5.89. The van der Waals surface area contributed by atoms with Gasteiger partial charge in [-0.1, -0.05) is 60.7 Å². The molecule has 0 radical (unpaired) electrons. The average molecular weight is 368 g/mol. The summed E-state index contributed by atoms with van der Waals surface area (Å²) in [5.74, 6) is 0. The summed E-state index contributed by atoms with van der Waals surface area (Å²) in [4.78, 5) is 0. The Morgan fingerprint density at radius 3 is 2.32 bits per heavy atom. The molecule has 2 N–H and O–H groups in total. The lowest BCUT2D eigenvalue weighted by Crippen LogP contribution is -2.24. The predicted octanol–water partition coefficient (Wildman–Crippen LogP) is 4.92. The number of benzene rings is 5. The standard InChI is InChI=1S/C25H20O3/c26-13-23-21(27)12-22(28-23)18-6-2-5-17-19-10-9-15-4-1-3-14-7-8-16(11-20(17)18)25(19)24(14)15/h1-11,21-23,26-27H,12-13H2/t21?,22?,23-/m1/s1. The van der Waals surface area contributed by atoms with Gasteiger partial charge in [0, 0.05) is 6.42 Å². The van der Waals surface area contributed by atoms with E-state index in [9.17, 15) is 10.2 Å². The molecule has 1 aliphatic heterocycles. The average Bonchev–Trinajstić information content (AvgIpc) is 3.11. The van der Waals surface area contributed by atoms with Crippen LogP contribution in [0.25, 0.3) is 43.1 Å². The predicted molar refractivity (Wildman–Crippen MR) is 113 cm³/mol. The quantitative estimate of drug-likeness (QED) is 0.343. The largest absolute Gasteiger partial charge is 0.394 e. The Morgan fingerprint density at radius 1 is 0.786 bits per heavy atom. The van der Waals surface area contributed by atoms with E-state index < -0.39 is 12.2 Å². The molecule has 0 bridgehead atoms. The van der Waals surface area contributed by atoms with Gasteiger partial charge in [-0.05, 0) is 54.7 Å². The minimum atomic E-state index is -0.629. The van der Waals surface area contributed by atoms with Crippen LogP contribution in [0.1, 0.15) is 18.1 Å². The van der Waals surface area contributed by atoms with Gasteiger partial charge in [-0.3, -0.25) is 0 Å². The molecule has 1 heterocycles. The smallest absolute Gasteiger partial charge is 0.107 e. The molecule has 5 aromatic rings. The van der Waals surface area contributed by atoms with E-state index >= 15 is 0 Å². The Balaban J connectivity index is 1.68. The summed E-state index contributed by atoms with van der Waals surface area (Å²) in [5.41, 5.74) is 1.08. The molecule has 0 amide bonds. The van der Waals surface area contributed by atoms with Crippen LogP contribution in [0.15, 0.2) is 66.7 Å². The summed E-state index contributed by atoms with van der Waals surface area (Å²) in [7, 11) is 0. The first-order chi connectivity index (χ1) is 13.7. The molecular weight excluding hydrogens is 348 g/mol. The van der Waals surface area contributed by atoms with E-state index in [1.165, 1.54) is 37.7 Å². The Bertz CT molecular complexity index is 1320. The zero-order valence-corrected chi connectivity index (χ0v) is 15.3. The van der Waals surface area contributed by atoms with Crippen molar-refractivity contribution in [3.05, 3.63) is 72.3 Å². The monoisotopic (exact) mass is 368 g/mol. The number of rotatable bonds is 2. The first kappa shape index (κ1) is 16.3. The Morgan fingerprint density at radius 2 is 1.54 bits per heavy atom. The first-order valence-corrected chi connectivity index (χ1v) is 9.78. The molecule has 1 saturated heterocycles. The summed E-state index contributed by atoms with van der Waals surface area (Å²) in [5, 5.41) is 29.6. The van der Waals surface area contributed by atoms with Crippen molar-refractivity contribution in [2.24, 2.45) is 0 Å². The molecule has 5 aromatic carbocycles. The first-order valence-electron chi connectivity index (χ1n) is 9.78. The van der Waals surface area contributed by atoms with Crippen LogP contribution in [0.4, 0.5) is 0 Å². The summed E-state index contributed by atoms with van der Waals surface area (Å²) < 4.78 is 5.97. The third kappa shape index (κ3) is 2.15. The van der Waals surface area contributed by atoms with Crippen molar-refractivity contribution in [1.29, 1.82) is 0 Å². The van der Waals surface area contributed by atoms with Crippen LogP contribution in [0.5, 0.6) is 0 Å². The maximum Gasteiger partial charge on any atom is 0.107 e. The van der Waals surface area contributed by atoms with Crippen molar-refractivity contribution in [1.82, 2.24) is 0 Å². The molecule has 138 valence electrons. The molecule has 0 spiro atoms. The van der Waals surface area contributed by atoms with E-state index in [1.54, 1.807) is 0 Å². The zero-order valence-electron chi connectivity index (χ0n) is 15.3. The van der Waals surface area contributed by atoms with Crippen molar-refractivity contribution >= 4 is 43.1 Å². The number of ether oxygens (including phenoxy) is 1. The number of fused-ring (bicyclic) bond motifs is 2. The fourth-order valence-corrected chi connectivity index (χ4v) is 4.96. The van der Waals surface area contributed by atoms with Crippen LogP contribution < -0.4 is 0 Å². The van der Waals surface area contributed by atoms with Crippen LogP contribution in [-0.2, 0) is 4.74 Å². The van der Waals surface area contributed by atoms with Crippen molar-refractivity contribution in [3.63, 3.8) is 0 Å². The normalized spacial score (nSPS) is 22.9. The maximum absolute atomic E-state index is 10.2. The molecule has 1 fully saturated rings. The van der Waals surface area contributed by atoms with Crippen LogP contribution in [0.3, 0.4) is 0 Å². The van der Waals surface area contributed by atoms with Gasteiger partial charge in [0.1, 0.15) is 6.10 Å². The van der Waals surface area contributed by atoms with E-state index in [1.807, 2.05) is 0 Å². The summed E-state index contributed by atoms with van der Waals surface area (Å²) in [6.07, 6.45) is -0.833. The van der Waals surface area contributed by atoms with Crippen LogP contribution in [0, 0.1) is 0 Å². The Hall–Kier alpha value is -2.72. The fourth-order valence-electron chi connectivity index (χ4n) is 4.96. The fraction of sp³-hybridized carbons (Fsp3) is 0.200. The third-order valence-electron chi connectivity index (χ3n) is 6.29. The minimum absolute atomic E-state index is 0.159. The molecule has 6 rings (SSSR count). The van der Waals surface area contributed by atoms with E-state index in [2.05, 4.69) is 66.7 Å². The molecule has 1 aliphatic rings. The van der Waals surface area contributed by atoms with Gasteiger partial charge in [-0.2, -0.15) is 0 Å². The molecule has 0 aromatic heterocycles. The molecule has 28 heavy (non-hydrogen) atoms. The van der Waals surface area contributed by atoms with Gasteiger partial charge in [-0.25, -0.2) is 0 Å². The maximum atomic E-state index is 10.2. The number of hydrogen-bond acceptors (Lipinski definition) is 3. The molecule has 0 aliphatic carbocycles. The number of aliphatic hydroxyl groups excluding tert-OH is 2. The second-order valence-electron chi connectivity index (χ2n) is 7.82. The van der Waals surface area contributed by atoms with Gasteiger partial charge in [0.15, 0.2) is 0 Å². The van der Waals surface area contributed by atoms with E-state index in [0.717, 1.165) is 10.9 Å². The van der Waals surface area contributed by atoms with Crippen molar-refractivity contribution < 1.29 is 14.9 Å². The topological polar surface area (TPSA) is 49.7 Å². The molecular formula is C25H20O3. The molecule has 3 heteroatoms. The highest BCUT2D eigenvalue weighted by atomic mass is 16.5. The lowest BCUT2D eigenvalue weighted by Gasteiger charge is -2.18. The second-order valence-corrected chi connectivity index (χ2v) is 7.82. The van der Waals surface area contributed by atoms with Crippen molar-refractivity contribution in [2.45, 2.75) is 24.7 Å². The van der Waals surface area contributed by atoms with Gasteiger partial charge in [0.25, 0.3) is 0 Å². The third-order valence-corrected chi connectivity index (χ3v) is 6.29. The molecule has 2 unspecified atom stereocenters. The highest BCUT2D eigenvalue weighted by molar-refractivity contribution is 6.29. The van der Waals surface area contributed by atoms with Crippen LogP contribution in [0.2, 0.25) is 0 Å². The minimum Gasteiger partial charge on any atom is -0.394 e. The van der Waals surface area contributed by atoms with Crippen LogP contribution in [-0.4, -0.2) is 29.0 Å². The van der Waals surface area contributed by atoms with Crippen LogP contribution >= 0.6 is 0 Å². The van der Waals surface area contributed by atoms with Gasteiger partial charge in [0.2, 0.25) is 0 Å². The lowest BCUT2D eigenvalue weighted by atomic mass is 9.88. The Kier molecular flexibility index (Phi) is 3.42. The van der Waals surface area contributed by atoms with E-state index in [4.69, 9.17) is 4.74 Å². The highest BCUT2D eigenvalue weighted by Gasteiger charge is 2.35. The van der Waals surface area contributed by atoms with Crippen molar-refractivity contribution in [3.8, 4) is 0 Å². The zero-order chi connectivity index (χ0) is 18.8. The van der Waals surface area contributed by atoms with Gasteiger partial charge < -0.3 is 14.9 Å². The van der Waals surface area contributed by atoms with Gasteiger partial charge in [-0.15, -0.1) is 0 Å². The summed E-state index contributed by atoms with van der Waals surface area (Å²) in [6, 6.07) is 23.8. The van der Waals surface area contributed by atoms with E-state index in [0.29, 0.717) is 6.42 Å². The highest BCUT2D eigenvalue weighted by Crippen LogP contribution is 2.42. The van der Waals surface area contributed by atoms with E-state index in [-0.39, 0.29) is 12.7 Å². The Labute approximate surface area is 162 Å². The number of hydrogen-bond donors (Lipinski definition) is 2. The molecule has 0 saturated carbocycles. The van der Waals surface area contributed by atoms with Gasteiger partial charge >= 0.3 is 0 Å². The summed E-state index contributed by atoms with van der Waals surface area (Å²) >= 11 is 0. The molecule has 3 atom stereocenters. The summed E-state index contributed by atoms with van der Waals surface area (Å²) in [6.45, 7) is -0.159. The number of aliphatic hydroxyl groups is 2. The van der Waals surface area contributed by atoms with Crippen molar-refractivity contribution in [2.75, 3.05) is 6.61 Å².